The van der Waals surface area contributed by atoms with Crippen molar-refractivity contribution >= 4 is 30.7 Å². The standard InChI is InChI=1S/C15H31N3O3.2ClH/c1-18(11-12-20-2)10-4-7-17-14(19)15(13-21-3)5-8-16-9-6-15;;/h16H,4-13H2,1-3H3,(H,17,19);2*1H. The summed E-state index contributed by atoms with van der Waals surface area (Å²) in [6.45, 7) is 5.62. The number of hydrogen-bond donors (Lipinski definition) is 2. The van der Waals surface area contributed by atoms with Gasteiger partial charge >= 0.3 is 0 Å². The molecule has 1 saturated heterocycles. The van der Waals surface area contributed by atoms with E-state index in [1.54, 1.807) is 14.2 Å². The normalized spacial score (nSPS) is 16.3. The number of nitrogens with one attached hydrogen (secondary N) is 2. The number of carbonyl (C=O) groups excluding carboxylic acids is 1. The van der Waals surface area contributed by atoms with Crippen molar-refractivity contribution in [2.75, 3.05) is 67.2 Å². The van der Waals surface area contributed by atoms with Crippen molar-refractivity contribution in [3.63, 3.8) is 0 Å². The summed E-state index contributed by atoms with van der Waals surface area (Å²) >= 11 is 0. The van der Waals surface area contributed by atoms with E-state index in [1.807, 2.05) is 0 Å². The summed E-state index contributed by atoms with van der Waals surface area (Å²) in [5, 5.41) is 6.39. The first-order valence-electron chi connectivity index (χ1n) is 7.80. The molecule has 23 heavy (non-hydrogen) atoms. The Morgan fingerprint density at radius 3 is 2.39 bits per heavy atom. The second-order valence-corrected chi connectivity index (χ2v) is 5.87. The topological polar surface area (TPSA) is 62.8 Å². The van der Waals surface area contributed by atoms with Crippen molar-refractivity contribution in [3.05, 3.63) is 0 Å². The zero-order valence-electron chi connectivity index (χ0n) is 14.6. The van der Waals surface area contributed by atoms with Crippen LogP contribution in [0.25, 0.3) is 0 Å². The third kappa shape index (κ3) is 9.08. The fourth-order valence-electron chi connectivity index (χ4n) is 2.72. The molecule has 1 rings (SSSR count). The number of nitrogens with zero attached hydrogens (tertiary/aromatic N) is 1. The van der Waals surface area contributed by atoms with Crippen LogP contribution >= 0.6 is 24.8 Å². The predicted molar refractivity (Wildman–Crippen MR) is 97.9 cm³/mol. The summed E-state index contributed by atoms with van der Waals surface area (Å²) in [7, 11) is 5.45. The first-order chi connectivity index (χ1) is 10.1. The number of carbonyl (C=O) groups is 1. The molecule has 1 aliphatic heterocycles. The van der Waals surface area contributed by atoms with Crippen molar-refractivity contribution in [2.45, 2.75) is 19.3 Å². The number of amides is 1. The molecule has 0 bridgehead atoms. The van der Waals surface area contributed by atoms with Crippen LogP contribution in [0.3, 0.4) is 0 Å². The first-order valence-corrected chi connectivity index (χ1v) is 7.80. The smallest absolute Gasteiger partial charge is 0.228 e. The Labute approximate surface area is 152 Å². The van der Waals surface area contributed by atoms with Crippen molar-refractivity contribution in [3.8, 4) is 0 Å². The van der Waals surface area contributed by atoms with Crippen LogP contribution < -0.4 is 10.6 Å². The Kier molecular flexibility index (Phi) is 15.6. The highest BCUT2D eigenvalue weighted by molar-refractivity contribution is 5.85. The number of likely N-dealkylation sites (N-methyl/N-ethyl adjacent to an activating group) is 1. The van der Waals surface area contributed by atoms with Gasteiger partial charge in [0, 0.05) is 27.3 Å². The average Bonchev–Trinajstić information content (AvgIpc) is 2.50. The second kappa shape index (κ2) is 14.3. The van der Waals surface area contributed by atoms with E-state index in [0.29, 0.717) is 6.61 Å². The van der Waals surface area contributed by atoms with Gasteiger partial charge in [0.15, 0.2) is 0 Å². The molecule has 1 amide bonds. The molecule has 8 heteroatoms. The van der Waals surface area contributed by atoms with Crippen LogP contribution in [0.1, 0.15) is 19.3 Å². The minimum absolute atomic E-state index is 0. The van der Waals surface area contributed by atoms with Crippen LogP contribution in [0.15, 0.2) is 0 Å². The molecule has 0 atom stereocenters. The number of hydrogen-bond acceptors (Lipinski definition) is 5. The van der Waals surface area contributed by atoms with Crippen LogP contribution in [0.4, 0.5) is 0 Å². The van der Waals surface area contributed by atoms with Gasteiger partial charge in [-0.25, -0.2) is 0 Å². The Morgan fingerprint density at radius 2 is 1.83 bits per heavy atom. The van der Waals surface area contributed by atoms with Crippen LogP contribution in [-0.4, -0.2) is 78.0 Å². The van der Waals surface area contributed by atoms with Crippen LogP contribution in [0.2, 0.25) is 0 Å². The molecule has 0 aromatic heterocycles. The fraction of sp³-hybridized carbons (Fsp3) is 0.933. The molecule has 1 aliphatic rings. The quantitative estimate of drug-likeness (QED) is 0.557. The van der Waals surface area contributed by atoms with Gasteiger partial charge in [-0.3, -0.25) is 4.79 Å². The molecule has 2 N–H and O–H groups in total. The number of ether oxygens (including phenoxy) is 2. The third-order valence-corrected chi connectivity index (χ3v) is 4.14. The number of halogens is 2. The molecular formula is C15H33Cl2N3O3. The monoisotopic (exact) mass is 373 g/mol. The first kappa shape index (κ1) is 25.1. The lowest BCUT2D eigenvalue weighted by atomic mass is 9.78. The van der Waals surface area contributed by atoms with Gasteiger partial charge in [-0.05, 0) is 45.9 Å². The van der Waals surface area contributed by atoms with Gasteiger partial charge in [0.05, 0.1) is 18.6 Å². The van der Waals surface area contributed by atoms with Crippen LogP contribution in [-0.2, 0) is 14.3 Å². The molecule has 0 spiro atoms. The predicted octanol–water partition coefficient (Wildman–Crippen LogP) is 0.931. The summed E-state index contributed by atoms with van der Waals surface area (Å²) in [6.07, 6.45) is 2.65. The highest BCUT2D eigenvalue weighted by atomic mass is 35.5. The summed E-state index contributed by atoms with van der Waals surface area (Å²) in [4.78, 5) is 14.7. The van der Waals surface area contributed by atoms with Crippen molar-refractivity contribution in [1.29, 1.82) is 0 Å². The van der Waals surface area contributed by atoms with Crippen molar-refractivity contribution in [1.82, 2.24) is 15.5 Å². The van der Waals surface area contributed by atoms with E-state index in [9.17, 15) is 4.79 Å². The van der Waals surface area contributed by atoms with Gasteiger partial charge in [-0.15, -0.1) is 24.8 Å². The molecule has 0 radical (unpaired) electrons. The van der Waals surface area contributed by atoms with E-state index in [-0.39, 0.29) is 36.1 Å². The maximum Gasteiger partial charge on any atom is 0.228 e. The van der Waals surface area contributed by atoms with E-state index in [0.717, 1.165) is 58.6 Å². The van der Waals surface area contributed by atoms with E-state index < -0.39 is 0 Å². The van der Waals surface area contributed by atoms with Gasteiger partial charge in [-0.2, -0.15) is 0 Å². The van der Waals surface area contributed by atoms with Crippen molar-refractivity contribution < 1.29 is 14.3 Å². The molecule has 0 saturated carbocycles. The third-order valence-electron chi connectivity index (χ3n) is 4.14. The molecule has 0 aromatic rings. The zero-order valence-corrected chi connectivity index (χ0v) is 16.2. The maximum absolute atomic E-state index is 12.5. The fourth-order valence-corrected chi connectivity index (χ4v) is 2.72. The maximum atomic E-state index is 12.5. The van der Waals surface area contributed by atoms with Crippen molar-refractivity contribution in [2.24, 2.45) is 5.41 Å². The van der Waals surface area contributed by atoms with Crippen LogP contribution in [0.5, 0.6) is 0 Å². The zero-order chi connectivity index (χ0) is 15.6. The number of methoxy groups -OCH3 is 2. The Bertz CT molecular complexity index is 298. The molecule has 0 aliphatic carbocycles. The second-order valence-electron chi connectivity index (χ2n) is 5.87. The molecule has 1 fully saturated rings. The van der Waals surface area contributed by atoms with E-state index in [4.69, 9.17) is 9.47 Å². The minimum atomic E-state index is -0.345. The summed E-state index contributed by atoms with van der Waals surface area (Å²) < 4.78 is 10.3. The summed E-state index contributed by atoms with van der Waals surface area (Å²) in [6, 6.07) is 0. The van der Waals surface area contributed by atoms with E-state index >= 15 is 0 Å². The molecular weight excluding hydrogens is 341 g/mol. The molecule has 0 aromatic carbocycles. The largest absolute Gasteiger partial charge is 0.384 e. The number of piperidine rings is 1. The lowest BCUT2D eigenvalue weighted by Crippen LogP contribution is -2.50. The summed E-state index contributed by atoms with van der Waals surface area (Å²) in [5.74, 6) is 0.144. The SMILES string of the molecule is COCCN(C)CCCNC(=O)C1(COC)CCNCC1.Cl.Cl. The van der Waals surface area contributed by atoms with Gasteiger partial charge in [0.25, 0.3) is 0 Å². The average molecular weight is 374 g/mol. The molecule has 0 unspecified atom stereocenters. The van der Waals surface area contributed by atoms with Gasteiger partial charge in [0.2, 0.25) is 5.91 Å². The van der Waals surface area contributed by atoms with Crippen LogP contribution in [0, 0.1) is 5.41 Å². The molecule has 140 valence electrons. The summed E-state index contributed by atoms with van der Waals surface area (Å²) in [5.41, 5.74) is -0.345. The Balaban J connectivity index is 0. The molecule has 1 heterocycles. The number of rotatable bonds is 10. The highest BCUT2D eigenvalue weighted by Gasteiger charge is 2.39. The van der Waals surface area contributed by atoms with E-state index in [1.165, 1.54) is 0 Å². The van der Waals surface area contributed by atoms with Gasteiger partial charge in [-0.1, -0.05) is 0 Å². The lowest BCUT2D eigenvalue weighted by Gasteiger charge is -2.35. The Morgan fingerprint density at radius 1 is 1.17 bits per heavy atom. The van der Waals surface area contributed by atoms with Gasteiger partial charge < -0.3 is 25.0 Å². The lowest BCUT2D eigenvalue weighted by molar-refractivity contribution is -0.136. The highest BCUT2D eigenvalue weighted by Crippen LogP contribution is 2.29. The Hall–Kier alpha value is -0.110. The van der Waals surface area contributed by atoms with E-state index in [2.05, 4.69) is 22.6 Å². The molecule has 6 nitrogen and oxygen atoms in total. The minimum Gasteiger partial charge on any atom is -0.384 e. The van der Waals surface area contributed by atoms with Gasteiger partial charge in [0.1, 0.15) is 0 Å².